The van der Waals surface area contributed by atoms with Gasteiger partial charge in [0.1, 0.15) is 0 Å². The minimum Gasteiger partial charge on any atom is -0.312 e. The molecule has 1 heterocycles. The van der Waals surface area contributed by atoms with Gasteiger partial charge in [-0.25, -0.2) is 0 Å². The molecule has 2 N–H and O–H groups in total. The van der Waals surface area contributed by atoms with E-state index < -0.39 is 6.04 Å². The smallest absolute Gasteiger partial charge is 0.258 e. The first-order chi connectivity index (χ1) is 13.6. The fourth-order valence-electron chi connectivity index (χ4n) is 4.62. The summed E-state index contributed by atoms with van der Waals surface area (Å²) in [6.45, 7) is 2.07. The van der Waals surface area contributed by atoms with Crippen LogP contribution in [-0.2, 0) is 9.59 Å². The van der Waals surface area contributed by atoms with Crippen LogP contribution in [0.3, 0.4) is 0 Å². The van der Waals surface area contributed by atoms with Crippen molar-refractivity contribution in [3.8, 4) is 0 Å². The third kappa shape index (κ3) is 3.31. The van der Waals surface area contributed by atoms with Gasteiger partial charge in [-0.15, -0.1) is 0 Å². The van der Waals surface area contributed by atoms with E-state index in [1.165, 1.54) is 25.7 Å². The largest absolute Gasteiger partial charge is 0.312 e. The Morgan fingerprint density at radius 3 is 2.21 bits per heavy atom. The zero-order valence-corrected chi connectivity index (χ0v) is 16.3. The molecule has 0 aromatic heterocycles. The molecule has 4 rings (SSSR count). The van der Waals surface area contributed by atoms with Crippen molar-refractivity contribution >= 4 is 28.9 Å². The molecule has 28 heavy (non-hydrogen) atoms. The monoisotopic (exact) mass is 377 g/mol. The second-order valence-electron chi connectivity index (χ2n) is 7.92. The highest BCUT2D eigenvalue weighted by molar-refractivity contribution is 6.22. The summed E-state index contributed by atoms with van der Waals surface area (Å²) in [6, 6.07) is 15.8. The Bertz CT molecular complexity index is 861. The number of fused-ring (bicyclic) bond motifs is 1. The number of carbonyl (C=O) groups excluding carboxylic acids is 2. The van der Waals surface area contributed by atoms with Gasteiger partial charge in [0.05, 0.1) is 11.4 Å². The summed E-state index contributed by atoms with van der Waals surface area (Å²) in [5, 5.41) is 0. The standard InChI is InChI=1S/C23H27N3O2/c1-16(15-17-9-5-6-10-17)25-19-13-7-8-14-20(19)26(18-11-3-2-4-12-18)23(28)21(24)22(25)27/h2-4,7-8,11-14,16-17,21H,5-6,9-10,15,24H2,1H3. The Kier molecular flexibility index (Phi) is 5.18. The van der Waals surface area contributed by atoms with Gasteiger partial charge in [0.25, 0.3) is 11.8 Å². The van der Waals surface area contributed by atoms with Crippen molar-refractivity contribution in [1.82, 2.24) is 0 Å². The van der Waals surface area contributed by atoms with Crippen molar-refractivity contribution in [2.24, 2.45) is 11.7 Å². The van der Waals surface area contributed by atoms with E-state index in [4.69, 9.17) is 5.73 Å². The summed E-state index contributed by atoms with van der Waals surface area (Å²) < 4.78 is 0. The van der Waals surface area contributed by atoms with Crippen molar-refractivity contribution in [3.05, 3.63) is 54.6 Å². The molecule has 0 spiro atoms. The molecule has 2 amide bonds. The van der Waals surface area contributed by atoms with Crippen LogP contribution in [0.1, 0.15) is 39.0 Å². The van der Waals surface area contributed by atoms with Crippen LogP contribution in [0.5, 0.6) is 0 Å². The van der Waals surface area contributed by atoms with Crippen molar-refractivity contribution in [1.29, 1.82) is 0 Å². The number of amides is 2. The van der Waals surface area contributed by atoms with Crippen LogP contribution >= 0.6 is 0 Å². The molecule has 5 heteroatoms. The molecule has 2 aromatic carbocycles. The van der Waals surface area contributed by atoms with E-state index in [0.29, 0.717) is 17.3 Å². The average Bonchev–Trinajstić information content (AvgIpc) is 3.20. The summed E-state index contributed by atoms with van der Waals surface area (Å²) in [6.07, 6.45) is 5.90. The number of nitrogens with two attached hydrogens (primary N) is 1. The van der Waals surface area contributed by atoms with Crippen molar-refractivity contribution in [2.45, 2.75) is 51.1 Å². The molecule has 0 radical (unpaired) electrons. The number of hydrogen-bond donors (Lipinski definition) is 1. The van der Waals surface area contributed by atoms with Gasteiger partial charge >= 0.3 is 0 Å². The molecular formula is C23H27N3O2. The molecule has 5 nitrogen and oxygen atoms in total. The third-order valence-electron chi connectivity index (χ3n) is 5.98. The van der Waals surface area contributed by atoms with E-state index in [-0.39, 0.29) is 17.9 Å². The van der Waals surface area contributed by atoms with Crippen molar-refractivity contribution in [2.75, 3.05) is 9.80 Å². The fraction of sp³-hybridized carbons (Fsp3) is 0.391. The van der Waals surface area contributed by atoms with Gasteiger partial charge < -0.3 is 10.6 Å². The van der Waals surface area contributed by atoms with Crippen LogP contribution in [0.25, 0.3) is 0 Å². The molecule has 2 atom stereocenters. The van der Waals surface area contributed by atoms with E-state index in [9.17, 15) is 9.59 Å². The summed E-state index contributed by atoms with van der Waals surface area (Å²) in [4.78, 5) is 29.8. The molecule has 2 aliphatic rings. The zero-order valence-electron chi connectivity index (χ0n) is 16.3. The lowest BCUT2D eigenvalue weighted by Gasteiger charge is -2.32. The topological polar surface area (TPSA) is 66.6 Å². The minimum atomic E-state index is -1.21. The van der Waals surface area contributed by atoms with E-state index >= 15 is 0 Å². The Labute approximate surface area is 166 Å². The lowest BCUT2D eigenvalue weighted by atomic mass is 9.97. The predicted octanol–water partition coefficient (Wildman–Crippen LogP) is 3.99. The normalized spacial score (nSPS) is 21.6. The summed E-state index contributed by atoms with van der Waals surface area (Å²) in [5.41, 5.74) is 8.36. The Morgan fingerprint density at radius 2 is 1.54 bits per heavy atom. The van der Waals surface area contributed by atoms with Gasteiger partial charge in [-0.05, 0) is 43.5 Å². The lowest BCUT2D eigenvalue weighted by Crippen LogP contribution is -2.52. The van der Waals surface area contributed by atoms with Crippen LogP contribution in [-0.4, -0.2) is 23.9 Å². The predicted molar refractivity (Wildman–Crippen MR) is 112 cm³/mol. The molecule has 146 valence electrons. The highest BCUT2D eigenvalue weighted by atomic mass is 16.2. The lowest BCUT2D eigenvalue weighted by molar-refractivity contribution is -0.128. The highest BCUT2D eigenvalue weighted by Gasteiger charge is 2.40. The molecular weight excluding hydrogens is 350 g/mol. The van der Waals surface area contributed by atoms with E-state index in [1.807, 2.05) is 54.6 Å². The maximum atomic E-state index is 13.3. The number of nitrogens with zero attached hydrogens (tertiary/aromatic N) is 2. The average molecular weight is 377 g/mol. The first-order valence-corrected chi connectivity index (χ1v) is 10.1. The van der Waals surface area contributed by atoms with Gasteiger partial charge in [0, 0.05) is 11.7 Å². The molecule has 2 aromatic rings. The maximum Gasteiger partial charge on any atom is 0.258 e. The minimum absolute atomic E-state index is 0.00803. The second kappa shape index (κ2) is 7.76. The molecule has 1 aliphatic carbocycles. The number of benzene rings is 2. The van der Waals surface area contributed by atoms with Gasteiger partial charge in [-0.1, -0.05) is 56.0 Å². The zero-order chi connectivity index (χ0) is 19.7. The molecule has 1 aliphatic heterocycles. The quantitative estimate of drug-likeness (QED) is 0.819. The van der Waals surface area contributed by atoms with Crippen LogP contribution in [0.4, 0.5) is 17.1 Å². The summed E-state index contributed by atoms with van der Waals surface area (Å²) in [7, 11) is 0. The Balaban J connectivity index is 1.78. The van der Waals surface area contributed by atoms with Crippen LogP contribution in [0.15, 0.2) is 54.6 Å². The van der Waals surface area contributed by atoms with E-state index in [1.54, 1.807) is 9.80 Å². The maximum absolute atomic E-state index is 13.3. The summed E-state index contributed by atoms with van der Waals surface area (Å²) >= 11 is 0. The Hall–Kier alpha value is -2.66. The first-order valence-electron chi connectivity index (χ1n) is 10.1. The highest BCUT2D eigenvalue weighted by Crippen LogP contribution is 2.40. The van der Waals surface area contributed by atoms with Gasteiger partial charge in [-0.2, -0.15) is 0 Å². The number of anilines is 3. The van der Waals surface area contributed by atoms with Crippen molar-refractivity contribution in [3.63, 3.8) is 0 Å². The van der Waals surface area contributed by atoms with E-state index in [0.717, 1.165) is 12.1 Å². The number of para-hydroxylation sites is 3. The van der Waals surface area contributed by atoms with Crippen LogP contribution in [0, 0.1) is 5.92 Å². The number of rotatable bonds is 4. The first kappa shape index (κ1) is 18.7. The molecule has 1 saturated carbocycles. The van der Waals surface area contributed by atoms with Crippen LogP contribution < -0.4 is 15.5 Å². The third-order valence-corrected chi connectivity index (χ3v) is 5.98. The molecule has 2 unspecified atom stereocenters. The van der Waals surface area contributed by atoms with Crippen LogP contribution in [0.2, 0.25) is 0 Å². The van der Waals surface area contributed by atoms with Crippen molar-refractivity contribution < 1.29 is 9.59 Å². The van der Waals surface area contributed by atoms with Gasteiger partial charge in [-0.3, -0.25) is 14.5 Å². The van der Waals surface area contributed by atoms with E-state index in [2.05, 4.69) is 6.92 Å². The number of carbonyl (C=O) groups is 2. The fourth-order valence-corrected chi connectivity index (χ4v) is 4.62. The second-order valence-corrected chi connectivity index (χ2v) is 7.92. The molecule has 0 bridgehead atoms. The van der Waals surface area contributed by atoms with Gasteiger partial charge in [0.15, 0.2) is 6.04 Å². The summed E-state index contributed by atoms with van der Waals surface area (Å²) in [5.74, 6) is -0.0732. The number of hydrogen-bond acceptors (Lipinski definition) is 3. The SMILES string of the molecule is CC(CC1CCCC1)N1C(=O)C(N)C(=O)N(c2ccccc2)c2ccccc21. The molecule has 1 fully saturated rings. The Morgan fingerprint density at radius 1 is 0.929 bits per heavy atom. The molecule has 0 saturated heterocycles. The van der Waals surface area contributed by atoms with Gasteiger partial charge in [0.2, 0.25) is 0 Å².